The Kier molecular flexibility index (Phi) is 7.59. The van der Waals surface area contributed by atoms with Crippen LogP contribution in [0.15, 0.2) is 54.7 Å². The molecular formula is C29H36ClF2N3O2. The number of halogens is 3. The first-order valence-corrected chi connectivity index (χ1v) is 13.1. The Morgan fingerprint density at radius 3 is 2.49 bits per heavy atom. The maximum absolute atomic E-state index is 14.8. The van der Waals surface area contributed by atoms with E-state index < -0.39 is 23.0 Å². The SMILES string of the molecule is C=C(O)c1cc(C)c(Cl)cc1N1CCN(C(=O)C2CN(C(C)(C)C)CC23/C=C/C=C(F)\C=C(\F)C3)CC1. The molecule has 0 radical (unpaired) electrons. The molecule has 200 valence electrons. The lowest BCUT2D eigenvalue weighted by molar-refractivity contribution is -0.137. The van der Waals surface area contributed by atoms with Crippen LogP contribution in [-0.4, -0.2) is 65.6 Å². The van der Waals surface area contributed by atoms with Gasteiger partial charge in [0.05, 0.1) is 5.92 Å². The fourth-order valence-electron chi connectivity index (χ4n) is 5.62. The highest BCUT2D eigenvalue weighted by atomic mass is 35.5. The van der Waals surface area contributed by atoms with Gasteiger partial charge in [0.2, 0.25) is 5.91 Å². The van der Waals surface area contributed by atoms with E-state index >= 15 is 0 Å². The first-order valence-electron chi connectivity index (χ1n) is 12.7. The number of nitrogens with zero attached hydrogens (tertiary/aromatic N) is 3. The topological polar surface area (TPSA) is 47.0 Å². The molecule has 2 saturated heterocycles. The summed E-state index contributed by atoms with van der Waals surface area (Å²) in [6, 6.07) is 3.65. The van der Waals surface area contributed by atoms with Gasteiger partial charge >= 0.3 is 0 Å². The van der Waals surface area contributed by atoms with Crippen molar-refractivity contribution in [2.75, 3.05) is 44.2 Å². The lowest BCUT2D eigenvalue weighted by atomic mass is 9.73. The summed E-state index contributed by atoms with van der Waals surface area (Å²) in [5, 5.41) is 10.7. The molecule has 2 atom stereocenters. The van der Waals surface area contributed by atoms with Crippen LogP contribution in [0.1, 0.15) is 38.3 Å². The van der Waals surface area contributed by atoms with Crippen molar-refractivity contribution in [2.24, 2.45) is 11.3 Å². The van der Waals surface area contributed by atoms with Gasteiger partial charge in [-0.2, -0.15) is 0 Å². The second-order valence-corrected chi connectivity index (χ2v) is 11.8. The molecule has 5 nitrogen and oxygen atoms in total. The van der Waals surface area contributed by atoms with E-state index in [9.17, 15) is 18.7 Å². The zero-order chi connectivity index (χ0) is 27.1. The highest BCUT2D eigenvalue weighted by Crippen LogP contribution is 2.47. The number of aliphatic hydroxyl groups excluding tert-OH is 1. The Bertz CT molecular complexity index is 1180. The zero-order valence-electron chi connectivity index (χ0n) is 22.0. The molecule has 1 N–H and O–H groups in total. The molecule has 8 heteroatoms. The number of allylic oxidation sites excluding steroid dienone is 5. The Hall–Kier alpha value is -2.64. The van der Waals surface area contributed by atoms with Gasteiger partial charge in [0, 0.05) is 79.0 Å². The molecule has 0 aromatic heterocycles. The summed E-state index contributed by atoms with van der Waals surface area (Å²) in [5.74, 6) is -1.67. The van der Waals surface area contributed by atoms with Gasteiger partial charge in [-0.3, -0.25) is 9.69 Å². The number of hydrogen-bond acceptors (Lipinski definition) is 4. The number of likely N-dealkylation sites (tertiary alicyclic amines) is 1. The van der Waals surface area contributed by atoms with E-state index in [-0.39, 0.29) is 23.6 Å². The van der Waals surface area contributed by atoms with Crippen LogP contribution in [0.3, 0.4) is 0 Å². The summed E-state index contributed by atoms with van der Waals surface area (Å²) >= 11 is 6.38. The van der Waals surface area contributed by atoms with Crippen LogP contribution < -0.4 is 4.90 Å². The Balaban J connectivity index is 1.57. The minimum Gasteiger partial charge on any atom is -0.508 e. The van der Waals surface area contributed by atoms with Gasteiger partial charge in [-0.1, -0.05) is 30.3 Å². The van der Waals surface area contributed by atoms with Crippen LogP contribution in [0.2, 0.25) is 5.02 Å². The Labute approximate surface area is 223 Å². The summed E-state index contributed by atoms with van der Waals surface area (Å²) in [6.45, 7) is 15.0. The second kappa shape index (κ2) is 10.3. The standard InChI is InChI=1S/C29H36ClF2N3O2/c1-19-13-23(20(2)36)26(15-25(19)30)33-9-11-34(12-10-33)27(37)24-17-35(28(3,4)5)18-29(24)8-6-7-21(31)14-22(32)16-29/h6-8,13-15,24,36H,2,9-12,16-18H2,1,3-5H3/b8-6+,21-7+,22-14+. The maximum Gasteiger partial charge on any atom is 0.228 e. The Morgan fingerprint density at radius 1 is 1.19 bits per heavy atom. The fraction of sp³-hybridized carbons (Fsp3) is 0.483. The molecule has 1 aromatic carbocycles. The molecule has 37 heavy (non-hydrogen) atoms. The molecule has 0 saturated carbocycles. The fourth-order valence-corrected chi connectivity index (χ4v) is 5.78. The van der Waals surface area contributed by atoms with Crippen molar-refractivity contribution in [1.82, 2.24) is 9.80 Å². The predicted molar refractivity (Wildman–Crippen MR) is 146 cm³/mol. The molecule has 2 fully saturated rings. The quantitative estimate of drug-likeness (QED) is 0.471. The van der Waals surface area contributed by atoms with Crippen molar-refractivity contribution in [3.8, 4) is 0 Å². The van der Waals surface area contributed by atoms with E-state index in [1.165, 1.54) is 6.08 Å². The van der Waals surface area contributed by atoms with Gasteiger partial charge in [-0.25, -0.2) is 8.78 Å². The van der Waals surface area contributed by atoms with Crippen LogP contribution >= 0.6 is 11.6 Å². The number of aliphatic hydroxyl groups is 1. The highest BCUT2D eigenvalue weighted by molar-refractivity contribution is 6.31. The van der Waals surface area contributed by atoms with Crippen LogP contribution in [0.25, 0.3) is 5.76 Å². The monoisotopic (exact) mass is 531 g/mol. The van der Waals surface area contributed by atoms with Gasteiger partial charge in [-0.15, -0.1) is 0 Å². The van der Waals surface area contributed by atoms with E-state index in [4.69, 9.17) is 11.6 Å². The third-order valence-corrected chi connectivity index (χ3v) is 8.23. The minimum atomic E-state index is -0.758. The number of rotatable bonds is 3. The van der Waals surface area contributed by atoms with Crippen LogP contribution in [0.5, 0.6) is 0 Å². The first-order chi connectivity index (χ1) is 17.3. The van der Waals surface area contributed by atoms with Gasteiger partial charge < -0.3 is 14.9 Å². The van der Waals surface area contributed by atoms with E-state index in [0.717, 1.165) is 17.3 Å². The molecule has 2 aliphatic heterocycles. The van der Waals surface area contributed by atoms with Crippen LogP contribution in [-0.2, 0) is 4.79 Å². The van der Waals surface area contributed by atoms with Gasteiger partial charge in [0.25, 0.3) is 0 Å². The van der Waals surface area contributed by atoms with E-state index in [1.54, 1.807) is 6.08 Å². The minimum absolute atomic E-state index is 0.0115. The zero-order valence-corrected chi connectivity index (χ0v) is 22.8. The van der Waals surface area contributed by atoms with Crippen molar-refractivity contribution >= 4 is 29.0 Å². The second-order valence-electron chi connectivity index (χ2n) is 11.4. The van der Waals surface area contributed by atoms with Crippen molar-refractivity contribution in [3.63, 3.8) is 0 Å². The number of amides is 1. The molecule has 1 aliphatic carbocycles. The number of piperazine rings is 1. The first kappa shape index (κ1) is 27.4. The maximum atomic E-state index is 14.8. The predicted octanol–water partition coefficient (Wildman–Crippen LogP) is 6.21. The largest absolute Gasteiger partial charge is 0.508 e. The molecular weight excluding hydrogens is 496 g/mol. The molecule has 1 amide bonds. The molecule has 2 heterocycles. The van der Waals surface area contributed by atoms with Gasteiger partial charge in [0.15, 0.2) is 0 Å². The van der Waals surface area contributed by atoms with Crippen molar-refractivity contribution in [3.05, 3.63) is 70.8 Å². The van der Waals surface area contributed by atoms with Crippen LogP contribution in [0, 0.1) is 18.3 Å². The third-order valence-electron chi connectivity index (χ3n) is 7.82. The average molecular weight is 532 g/mol. The lowest BCUT2D eigenvalue weighted by Crippen LogP contribution is -2.52. The van der Waals surface area contributed by atoms with Crippen molar-refractivity contribution in [2.45, 2.75) is 39.7 Å². The normalized spacial score (nSPS) is 28.8. The summed E-state index contributed by atoms with van der Waals surface area (Å²) in [6.07, 6.45) is 5.60. The lowest BCUT2D eigenvalue weighted by Gasteiger charge is -2.40. The van der Waals surface area contributed by atoms with E-state index in [2.05, 4.69) is 37.1 Å². The molecule has 3 aliphatic rings. The summed E-state index contributed by atoms with van der Waals surface area (Å²) in [7, 11) is 0. The summed E-state index contributed by atoms with van der Waals surface area (Å²) in [4.78, 5) is 20.1. The van der Waals surface area contributed by atoms with E-state index in [0.29, 0.717) is 49.9 Å². The van der Waals surface area contributed by atoms with Gasteiger partial charge in [-0.05, 0) is 51.5 Å². The van der Waals surface area contributed by atoms with Gasteiger partial charge in [0.1, 0.15) is 17.4 Å². The number of carbonyl (C=O) groups is 1. The van der Waals surface area contributed by atoms with Crippen LogP contribution in [0.4, 0.5) is 14.5 Å². The van der Waals surface area contributed by atoms with Crippen molar-refractivity contribution in [1.29, 1.82) is 0 Å². The highest BCUT2D eigenvalue weighted by Gasteiger charge is 2.52. The molecule has 1 spiro atoms. The summed E-state index contributed by atoms with van der Waals surface area (Å²) < 4.78 is 28.7. The third kappa shape index (κ3) is 5.63. The molecule has 0 bridgehead atoms. The number of carbonyl (C=O) groups excluding carboxylic acids is 1. The average Bonchev–Trinajstić information content (AvgIpc) is 3.18. The summed E-state index contributed by atoms with van der Waals surface area (Å²) in [5.41, 5.74) is 1.30. The smallest absolute Gasteiger partial charge is 0.228 e. The molecule has 1 aromatic rings. The number of benzene rings is 1. The number of anilines is 1. The number of hydrogen-bond donors (Lipinski definition) is 1. The molecule has 4 rings (SSSR count). The number of aryl methyl sites for hydroxylation is 1. The molecule has 2 unspecified atom stereocenters. The van der Waals surface area contributed by atoms with E-state index in [1.807, 2.05) is 30.0 Å². The Morgan fingerprint density at radius 2 is 1.86 bits per heavy atom. The van der Waals surface area contributed by atoms with Crippen molar-refractivity contribution < 1.29 is 18.7 Å².